The number of thiazole rings is 1. The van der Waals surface area contributed by atoms with Gasteiger partial charge in [-0.3, -0.25) is 4.99 Å². The first-order valence-electron chi connectivity index (χ1n) is 8.00. The number of halogens is 2. The molecular weight excluding hydrogens is 427 g/mol. The Labute approximate surface area is 180 Å². The van der Waals surface area contributed by atoms with Crippen molar-refractivity contribution in [2.45, 2.75) is 13.5 Å². The van der Waals surface area contributed by atoms with Crippen molar-refractivity contribution in [3.05, 3.63) is 29.3 Å². The van der Waals surface area contributed by atoms with E-state index in [1.54, 1.807) is 14.0 Å². The van der Waals surface area contributed by atoms with Gasteiger partial charge in [0.15, 0.2) is 11.1 Å². The van der Waals surface area contributed by atoms with E-state index in [0.29, 0.717) is 42.0 Å². The number of alkyl carbamates (subject to hydrolysis) is 1. The first-order valence-corrected chi connectivity index (χ1v) is 8.88. The van der Waals surface area contributed by atoms with Crippen LogP contribution in [0, 0.1) is 0 Å². The fraction of sp³-hybridized carbons (Fsp3) is 0.375. The smallest absolute Gasteiger partial charge is 0.407 e. The second-order valence-corrected chi connectivity index (χ2v) is 5.87. The number of hydrogen-bond acceptors (Lipinski definition) is 7. The highest BCUT2D eigenvalue weighted by Gasteiger charge is 2.08. The topological polar surface area (TPSA) is 124 Å². The zero-order valence-electron chi connectivity index (χ0n) is 15.5. The number of pyridine rings is 1. The van der Waals surface area contributed by atoms with Gasteiger partial charge in [0.25, 0.3) is 0 Å². The second-order valence-electron chi connectivity index (χ2n) is 5.01. The quantitative estimate of drug-likeness (QED) is 0.320. The molecule has 0 atom stereocenters. The molecule has 0 aromatic carbocycles. The predicted octanol–water partition coefficient (Wildman–Crippen LogP) is 2.67. The fourth-order valence-corrected chi connectivity index (χ4v) is 2.63. The molecule has 2 aromatic heterocycles. The Morgan fingerprint density at radius 1 is 1.29 bits per heavy atom. The molecule has 1 amide bonds. The van der Waals surface area contributed by atoms with Gasteiger partial charge in [-0.15, -0.1) is 36.2 Å². The summed E-state index contributed by atoms with van der Waals surface area (Å²) in [6.45, 7) is 3.33. The Morgan fingerprint density at radius 2 is 2.07 bits per heavy atom. The molecule has 0 aliphatic rings. The van der Waals surface area contributed by atoms with Gasteiger partial charge >= 0.3 is 6.09 Å². The zero-order valence-corrected chi connectivity index (χ0v) is 18.0. The summed E-state index contributed by atoms with van der Waals surface area (Å²) >= 11 is 1.40. The van der Waals surface area contributed by atoms with Crippen molar-refractivity contribution in [1.82, 2.24) is 15.3 Å². The van der Waals surface area contributed by atoms with Crippen LogP contribution in [0.1, 0.15) is 12.6 Å². The van der Waals surface area contributed by atoms with Crippen molar-refractivity contribution in [2.24, 2.45) is 10.7 Å². The lowest BCUT2D eigenvalue weighted by Crippen LogP contribution is -2.24. The molecule has 12 heteroatoms. The number of hydrogen-bond donors (Lipinski definition) is 3. The molecule has 4 N–H and O–H groups in total. The third kappa shape index (κ3) is 8.70. The zero-order chi connectivity index (χ0) is 18.8. The van der Waals surface area contributed by atoms with Crippen LogP contribution in [-0.2, 0) is 16.0 Å². The van der Waals surface area contributed by atoms with Gasteiger partial charge in [0.2, 0.25) is 0 Å². The molecule has 0 radical (unpaired) electrons. The lowest BCUT2D eigenvalue weighted by atomic mass is 10.2. The van der Waals surface area contributed by atoms with Crippen LogP contribution in [0.5, 0.6) is 0 Å². The van der Waals surface area contributed by atoms with E-state index < -0.39 is 6.09 Å². The number of nitrogens with one attached hydrogen (secondary N) is 2. The lowest BCUT2D eigenvalue weighted by Gasteiger charge is -2.05. The number of guanidine groups is 1. The van der Waals surface area contributed by atoms with Gasteiger partial charge in [0, 0.05) is 12.5 Å². The summed E-state index contributed by atoms with van der Waals surface area (Å²) in [5, 5.41) is 8.07. The van der Waals surface area contributed by atoms with Gasteiger partial charge in [-0.1, -0.05) is 6.07 Å². The maximum absolute atomic E-state index is 11.4. The molecule has 2 aromatic rings. The van der Waals surface area contributed by atoms with Crippen LogP contribution in [0.4, 0.5) is 9.93 Å². The Kier molecular flexibility index (Phi) is 12.9. The van der Waals surface area contributed by atoms with E-state index in [9.17, 15) is 4.79 Å². The highest BCUT2D eigenvalue weighted by atomic mass is 35.5. The van der Waals surface area contributed by atoms with Crippen LogP contribution >= 0.6 is 36.2 Å². The first-order chi connectivity index (χ1) is 12.6. The molecule has 28 heavy (non-hydrogen) atoms. The van der Waals surface area contributed by atoms with Crippen molar-refractivity contribution < 1.29 is 14.3 Å². The molecule has 0 saturated carbocycles. The Balaban J connectivity index is 0.00000364. The summed E-state index contributed by atoms with van der Waals surface area (Å²) in [5.41, 5.74) is 7.91. The first kappa shape index (κ1) is 25.9. The molecule has 0 aliphatic carbocycles. The summed E-state index contributed by atoms with van der Waals surface area (Å²) in [5.74, 6) is 0.281. The number of methoxy groups -OCH3 is 1. The normalized spacial score (nSPS) is 10.4. The van der Waals surface area contributed by atoms with E-state index >= 15 is 0 Å². The van der Waals surface area contributed by atoms with E-state index in [2.05, 4.69) is 25.6 Å². The molecule has 9 nitrogen and oxygen atoms in total. The molecular formula is C16H24Cl2N6O3S. The van der Waals surface area contributed by atoms with Gasteiger partial charge in [-0.05, 0) is 19.1 Å². The average molecular weight is 451 g/mol. The minimum atomic E-state index is -0.469. The Hall–Kier alpha value is -2.14. The largest absolute Gasteiger partial charge is 0.450 e. The van der Waals surface area contributed by atoms with Crippen LogP contribution < -0.4 is 16.4 Å². The second kappa shape index (κ2) is 13.9. The monoisotopic (exact) mass is 450 g/mol. The molecule has 0 bridgehead atoms. The standard InChI is InChI=1S/C16H22N6O3S.2ClH/c1-3-25-16(23)19-9-11-5-4-6-12(20-11)13-10-26-15(21-13)22-14(17)18-7-8-24-2;;/h4-6,10H,3,7-9H2,1-2H3,(H,19,23)(H3,17,18,21,22);2*1H. The van der Waals surface area contributed by atoms with Crippen molar-refractivity contribution in [3.8, 4) is 11.4 Å². The van der Waals surface area contributed by atoms with Crippen molar-refractivity contribution in [1.29, 1.82) is 0 Å². The number of carbonyl (C=O) groups excluding carboxylic acids is 1. The number of rotatable bonds is 8. The van der Waals surface area contributed by atoms with E-state index in [-0.39, 0.29) is 37.3 Å². The summed E-state index contributed by atoms with van der Waals surface area (Å²) < 4.78 is 9.74. The molecule has 2 heterocycles. The van der Waals surface area contributed by atoms with Gasteiger partial charge in [0.05, 0.1) is 37.7 Å². The molecule has 0 spiro atoms. The number of anilines is 1. The molecule has 0 fully saturated rings. The number of ether oxygens (including phenoxy) is 2. The van der Waals surface area contributed by atoms with Crippen LogP contribution in [-0.4, -0.2) is 48.9 Å². The lowest BCUT2D eigenvalue weighted by molar-refractivity contribution is 0.151. The minimum Gasteiger partial charge on any atom is -0.450 e. The maximum Gasteiger partial charge on any atom is 0.407 e. The highest BCUT2D eigenvalue weighted by Crippen LogP contribution is 2.23. The highest BCUT2D eigenvalue weighted by molar-refractivity contribution is 7.14. The van der Waals surface area contributed by atoms with Crippen LogP contribution in [0.15, 0.2) is 28.6 Å². The molecule has 2 rings (SSSR count). The summed E-state index contributed by atoms with van der Waals surface area (Å²) in [6, 6.07) is 5.53. The van der Waals surface area contributed by atoms with Crippen LogP contribution in [0.3, 0.4) is 0 Å². The number of nitrogens with zero attached hydrogens (tertiary/aromatic N) is 3. The fourth-order valence-electron chi connectivity index (χ4n) is 1.92. The maximum atomic E-state index is 11.4. The summed E-state index contributed by atoms with van der Waals surface area (Å²) in [4.78, 5) is 24.4. The predicted molar refractivity (Wildman–Crippen MR) is 116 cm³/mol. The van der Waals surface area contributed by atoms with Crippen molar-refractivity contribution >= 4 is 53.3 Å². The van der Waals surface area contributed by atoms with Crippen molar-refractivity contribution in [2.75, 3.05) is 32.2 Å². The third-order valence-electron chi connectivity index (χ3n) is 3.08. The number of nitrogens with two attached hydrogens (primary N) is 1. The van der Waals surface area contributed by atoms with Gasteiger partial charge in [0.1, 0.15) is 5.69 Å². The van der Waals surface area contributed by atoms with Crippen LogP contribution in [0.2, 0.25) is 0 Å². The number of carbonyl (C=O) groups is 1. The van der Waals surface area contributed by atoms with E-state index in [1.807, 2.05) is 23.6 Å². The summed E-state index contributed by atoms with van der Waals surface area (Å²) in [7, 11) is 1.61. The van der Waals surface area contributed by atoms with Gasteiger partial charge in [-0.2, -0.15) is 0 Å². The van der Waals surface area contributed by atoms with Crippen molar-refractivity contribution in [3.63, 3.8) is 0 Å². The average Bonchev–Trinajstić information content (AvgIpc) is 3.09. The van der Waals surface area contributed by atoms with E-state index in [1.165, 1.54) is 11.3 Å². The van der Waals surface area contributed by atoms with Gasteiger partial charge in [-0.25, -0.2) is 14.8 Å². The van der Waals surface area contributed by atoms with E-state index in [0.717, 1.165) is 0 Å². The number of amides is 1. The number of aliphatic imine (C=N–C) groups is 1. The van der Waals surface area contributed by atoms with Gasteiger partial charge < -0.3 is 25.8 Å². The minimum absolute atomic E-state index is 0. The summed E-state index contributed by atoms with van der Waals surface area (Å²) in [6.07, 6.45) is -0.469. The van der Waals surface area contributed by atoms with Crippen LogP contribution in [0.25, 0.3) is 11.4 Å². The number of aromatic nitrogens is 2. The molecule has 0 saturated heterocycles. The van der Waals surface area contributed by atoms with E-state index in [4.69, 9.17) is 15.2 Å². The Morgan fingerprint density at radius 3 is 2.79 bits per heavy atom. The molecule has 156 valence electrons. The SMILES string of the molecule is CCOC(=O)NCc1cccc(-c2csc(NC(N)=NCCOC)n2)n1.Cl.Cl. The molecule has 0 aliphatic heterocycles. The Bertz CT molecular complexity index is 759. The third-order valence-corrected chi connectivity index (χ3v) is 3.83. The molecule has 0 unspecified atom stereocenters.